The third-order valence-electron chi connectivity index (χ3n) is 3.99. The average Bonchev–Trinajstić information content (AvgIpc) is 3.25. The number of hydrogen-bond donors (Lipinski definition) is 1. The maximum absolute atomic E-state index is 11.9. The van der Waals surface area contributed by atoms with Crippen LogP contribution >= 0.6 is 23.1 Å². The minimum atomic E-state index is -0.135. The number of hydrogen-bond acceptors (Lipinski definition) is 6. The van der Waals surface area contributed by atoms with Gasteiger partial charge in [0.25, 0.3) is 5.24 Å². The van der Waals surface area contributed by atoms with Crippen LogP contribution in [0.25, 0.3) is 11.0 Å². The summed E-state index contributed by atoms with van der Waals surface area (Å²) in [6.07, 6.45) is 1.97. The number of carbonyl (C=O) groups excluding carboxylic acids is 1. The summed E-state index contributed by atoms with van der Waals surface area (Å²) >= 11 is 2.75. The van der Waals surface area contributed by atoms with Crippen LogP contribution in [0.5, 0.6) is 5.75 Å². The molecule has 1 aliphatic heterocycles. The lowest BCUT2D eigenvalue weighted by molar-refractivity contribution is 0.265. The van der Waals surface area contributed by atoms with Crippen LogP contribution in [0.15, 0.2) is 39.5 Å². The van der Waals surface area contributed by atoms with Crippen molar-refractivity contribution in [3.05, 3.63) is 51.6 Å². The molecule has 0 atom stereocenters. The predicted molar refractivity (Wildman–Crippen MR) is 107 cm³/mol. The van der Waals surface area contributed by atoms with E-state index in [1.807, 2.05) is 44.2 Å². The van der Waals surface area contributed by atoms with Crippen molar-refractivity contribution < 1.29 is 9.53 Å². The van der Waals surface area contributed by atoms with E-state index < -0.39 is 0 Å². The molecule has 1 aliphatic rings. The summed E-state index contributed by atoms with van der Waals surface area (Å²) in [5.74, 6) is 1.31. The Bertz CT molecular complexity index is 1060. The normalized spacial score (nSPS) is 17.4. The first kappa shape index (κ1) is 16.9. The summed E-state index contributed by atoms with van der Waals surface area (Å²) in [4.78, 5) is 22.8. The van der Waals surface area contributed by atoms with E-state index in [-0.39, 0.29) is 5.24 Å². The van der Waals surface area contributed by atoms with Crippen LogP contribution in [0.3, 0.4) is 0 Å². The van der Waals surface area contributed by atoms with Crippen molar-refractivity contribution in [1.82, 2.24) is 14.7 Å². The number of thioether (sulfide) groups is 1. The number of nitrogens with zero attached hydrogens (tertiary/aromatic N) is 3. The van der Waals surface area contributed by atoms with Crippen molar-refractivity contribution in [2.75, 3.05) is 7.11 Å². The number of aryl methyl sites for hydroxylation is 2. The van der Waals surface area contributed by atoms with Crippen molar-refractivity contribution in [1.29, 1.82) is 0 Å². The van der Waals surface area contributed by atoms with E-state index in [4.69, 9.17) is 4.74 Å². The van der Waals surface area contributed by atoms with Crippen LogP contribution in [0.2, 0.25) is 0 Å². The monoisotopic (exact) mass is 384 g/mol. The number of methoxy groups -OCH3 is 1. The summed E-state index contributed by atoms with van der Waals surface area (Å²) in [6, 6.07) is 7.38. The summed E-state index contributed by atoms with van der Waals surface area (Å²) in [6.45, 7) is 4.02. The first-order valence-electron chi connectivity index (χ1n) is 7.92. The Kier molecular flexibility index (Phi) is 4.29. The van der Waals surface area contributed by atoms with Crippen LogP contribution in [-0.4, -0.2) is 27.6 Å². The second-order valence-electron chi connectivity index (χ2n) is 5.76. The highest BCUT2D eigenvalue weighted by Gasteiger charge is 2.25. The van der Waals surface area contributed by atoms with Crippen LogP contribution in [0, 0.1) is 13.8 Å². The molecule has 3 aromatic rings. The summed E-state index contributed by atoms with van der Waals surface area (Å²) in [5, 5.41) is 4.75. The first-order valence-corrected chi connectivity index (χ1v) is 9.61. The molecule has 1 amide bonds. The van der Waals surface area contributed by atoms with Gasteiger partial charge in [0.05, 0.1) is 29.1 Å². The van der Waals surface area contributed by atoms with Crippen LogP contribution in [-0.2, 0) is 0 Å². The molecule has 6 nitrogen and oxygen atoms in total. The average molecular weight is 384 g/mol. The fraction of sp³-hybridized carbons (Fsp3) is 0.167. The molecule has 8 heteroatoms. The zero-order valence-electron chi connectivity index (χ0n) is 14.4. The third kappa shape index (κ3) is 3.02. The van der Waals surface area contributed by atoms with Gasteiger partial charge in [0, 0.05) is 11.1 Å². The van der Waals surface area contributed by atoms with Gasteiger partial charge in [0.2, 0.25) is 0 Å². The molecule has 0 aliphatic carbocycles. The molecule has 1 N–H and O–H groups in total. The summed E-state index contributed by atoms with van der Waals surface area (Å²) in [7, 11) is 1.62. The molecule has 132 valence electrons. The number of carbonyl (C=O) groups is 1. The minimum absolute atomic E-state index is 0.135. The number of aromatic nitrogens is 2. The summed E-state index contributed by atoms with van der Waals surface area (Å²) in [5.41, 5.74) is 3.76. The molecule has 0 bridgehead atoms. The maximum atomic E-state index is 11.9. The third-order valence-corrected chi connectivity index (χ3v) is 5.75. The first-order chi connectivity index (χ1) is 12.5. The van der Waals surface area contributed by atoms with Gasteiger partial charge in [-0.2, -0.15) is 0 Å². The van der Waals surface area contributed by atoms with E-state index in [2.05, 4.69) is 25.1 Å². The van der Waals surface area contributed by atoms with Crippen LogP contribution < -0.4 is 10.1 Å². The molecule has 0 spiro atoms. The number of aliphatic imine (C=N–C) groups is 1. The highest BCUT2D eigenvalue weighted by molar-refractivity contribution is 8.18. The Morgan fingerprint density at radius 1 is 1.27 bits per heavy atom. The molecular formula is C18H16N4O2S2. The zero-order chi connectivity index (χ0) is 18.3. The van der Waals surface area contributed by atoms with Gasteiger partial charge in [-0.25, -0.2) is 9.98 Å². The number of thiazole rings is 1. The molecule has 1 aromatic carbocycles. The SMILES string of the molecule is COc1ccc(N=C2NC(=O)SC2=Cc2c(C)nc3scc(C)n23)cc1. The Hall–Kier alpha value is -2.58. The van der Waals surface area contributed by atoms with Crippen LogP contribution in [0.4, 0.5) is 10.5 Å². The second-order valence-corrected chi connectivity index (χ2v) is 7.61. The molecule has 3 heterocycles. The standard InChI is InChI=1S/C18H16N4O2S2/c1-10-9-25-17-19-11(2)14(22(10)17)8-15-16(21-18(23)26-15)20-12-4-6-13(24-3)7-5-12/h4-9H,1-3H3,(H,20,21,23). The molecule has 0 unspecified atom stereocenters. The van der Waals surface area contributed by atoms with Gasteiger partial charge in [0.1, 0.15) is 11.6 Å². The van der Waals surface area contributed by atoms with Gasteiger partial charge in [-0.05, 0) is 56.0 Å². The zero-order valence-corrected chi connectivity index (χ0v) is 16.1. The number of nitrogens with one attached hydrogen (secondary N) is 1. The van der Waals surface area contributed by atoms with Crippen molar-refractivity contribution in [3.8, 4) is 5.75 Å². The number of benzene rings is 1. The Labute approximate surface area is 158 Å². The molecule has 1 fully saturated rings. The molecule has 26 heavy (non-hydrogen) atoms. The molecule has 2 aromatic heterocycles. The van der Waals surface area contributed by atoms with Gasteiger partial charge in [0.15, 0.2) is 4.96 Å². The smallest absolute Gasteiger partial charge is 0.289 e. The van der Waals surface area contributed by atoms with E-state index in [0.717, 1.165) is 50.1 Å². The number of rotatable bonds is 3. The number of amides is 1. The predicted octanol–water partition coefficient (Wildman–Crippen LogP) is 4.55. The maximum Gasteiger partial charge on any atom is 0.289 e. The van der Waals surface area contributed by atoms with E-state index in [1.54, 1.807) is 18.4 Å². The second kappa shape index (κ2) is 6.62. The highest BCUT2D eigenvalue weighted by Crippen LogP contribution is 2.31. The molecule has 4 rings (SSSR count). The molecule has 1 saturated heterocycles. The molecule has 0 radical (unpaired) electrons. The topological polar surface area (TPSA) is 68.0 Å². The largest absolute Gasteiger partial charge is 0.497 e. The van der Waals surface area contributed by atoms with Crippen LogP contribution in [0.1, 0.15) is 17.1 Å². The Morgan fingerprint density at radius 2 is 2.04 bits per heavy atom. The van der Waals surface area contributed by atoms with Gasteiger partial charge in [-0.15, -0.1) is 11.3 Å². The van der Waals surface area contributed by atoms with E-state index >= 15 is 0 Å². The van der Waals surface area contributed by atoms with Gasteiger partial charge < -0.3 is 10.1 Å². The number of fused-ring (bicyclic) bond motifs is 1. The highest BCUT2D eigenvalue weighted by atomic mass is 32.2. The van der Waals surface area contributed by atoms with Crippen molar-refractivity contribution in [3.63, 3.8) is 0 Å². The fourth-order valence-electron chi connectivity index (χ4n) is 2.72. The van der Waals surface area contributed by atoms with Crippen molar-refractivity contribution >= 4 is 50.9 Å². The Balaban J connectivity index is 1.76. The lowest BCUT2D eigenvalue weighted by atomic mass is 10.3. The molecule has 0 saturated carbocycles. The summed E-state index contributed by atoms with van der Waals surface area (Å²) < 4.78 is 7.26. The number of ether oxygens (including phenoxy) is 1. The van der Waals surface area contributed by atoms with Gasteiger partial charge in [-0.3, -0.25) is 9.20 Å². The van der Waals surface area contributed by atoms with E-state index in [1.165, 1.54) is 0 Å². The van der Waals surface area contributed by atoms with Crippen molar-refractivity contribution in [2.24, 2.45) is 4.99 Å². The van der Waals surface area contributed by atoms with Gasteiger partial charge >= 0.3 is 0 Å². The number of imidazole rings is 1. The quantitative estimate of drug-likeness (QED) is 0.719. The van der Waals surface area contributed by atoms with E-state index in [0.29, 0.717) is 5.84 Å². The molecular weight excluding hydrogens is 368 g/mol. The minimum Gasteiger partial charge on any atom is -0.497 e. The fourth-order valence-corrected chi connectivity index (χ4v) is 4.35. The number of amidine groups is 1. The Morgan fingerprint density at radius 3 is 2.77 bits per heavy atom. The van der Waals surface area contributed by atoms with E-state index in [9.17, 15) is 4.79 Å². The van der Waals surface area contributed by atoms with Crippen molar-refractivity contribution in [2.45, 2.75) is 13.8 Å². The lowest BCUT2D eigenvalue weighted by Crippen LogP contribution is -2.18. The van der Waals surface area contributed by atoms with Gasteiger partial charge in [-0.1, -0.05) is 0 Å². The lowest BCUT2D eigenvalue weighted by Gasteiger charge is -2.02.